The lowest BCUT2D eigenvalue weighted by atomic mass is 9.88. The predicted octanol–water partition coefficient (Wildman–Crippen LogP) is 3.37. The summed E-state index contributed by atoms with van der Waals surface area (Å²) in [5.41, 5.74) is 4.67. The van der Waals surface area contributed by atoms with Crippen LogP contribution < -0.4 is 5.32 Å². The molecule has 1 aliphatic carbocycles. The van der Waals surface area contributed by atoms with E-state index in [9.17, 15) is 0 Å². The van der Waals surface area contributed by atoms with Crippen molar-refractivity contribution in [1.29, 1.82) is 0 Å². The summed E-state index contributed by atoms with van der Waals surface area (Å²) in [4.78, 5) is 0. The summed E-state index contributed by atoms with van der Waals surface area (Å²) >= 11 is 6.23. The van der Waals surface area contributed by atoms with E-state index in [1.165, 1.54) is 62.7 Å². The Morgan fingerprint density at radius 2 is 2.00 bits per heavy atom. The highest BCUT2D eigenvalue weighted by atomic mass is 35.5. The Hall–Kier alpha value is -0.530. The fraction of sp³-hybridized carbons (Fsp3) is 0.600. The van der Waals surface area contributed by atoms with Crippen LogP contribution in [0.25, 0.3) is 0 Å². The number of halogens is 1. The van der Waals surface area contributed by atoms with E-state index < -0.39 is 0 Å². The first kappa shape index (κ1) is 11.6. The van der Waals surface area contributed by atoms with Gasteiger partial charge in [-0.05, 0) is 86.4 Å². The van der Waals surface area contributed by atoms with Gasteiger partial charge in [0.15, 0.2) is 0 Å². The summed E-state index contributed by atoms with van der Waals surface area (Å²) in [6.45, 7) is 2.38. The van der Waals surface area contributed by atoms with Crippen LogP contribution in [0.4, 0.5) is 0 Å². The van der Waals surface area contributed by atoms with E-state index in [1.54, 1.807) is 5.56 Å². The van der Waals surface area contributed by atoms with Crippen LogP contribution in [0.3, 0.4) is 0 Å². The molecular weight excluding hydrogens is 230 g/mol. The van der Waals surface area contributed by atoms with Gasteiger partial charge in [-0.25, -0.2) is 0 Å². The Kier molecular flexibility index (Phi) is 3.39. The van der Waals surface area contributed by atoms with Crippen molar-refractivity contribution in [2.24, 2.45) is 5.92 Å². The van der Waals surface area contributed by atoms with Gasteiger partial charge in [0.25, 0.3) is 0 Å². The van der Waals surface area contributed by atoms with Crippen molar-refractivity contribution in [1.82, 2.24) is 5.32 Å². The van der Waals surface area contributed by atoms with Crippen LogP contribution in [0.5, 0.6) is 0 Å². The van der Waals surface area contributed by atoms with Crippen LogP contribution in [-0.4, -0.2) is 13.1 Å². The number of hydrogen-bond donors (Lipinski definition) is 1. The van der Waals surface area contributed by atoms with Crippen LogP contribution in [0.1, 0.15) is 36.0 Å². The highest BCUT2D eigenvalue weighted by molar-refractivity contribution is 6.30. The van der Waals surface area contributed by atoms with Gasteiger partial charge in [-0.2, -0.15) is 0 Å². The lowest BCUT2D eigenvalue weighted by molar-refractivity contribution is 0.372. The van der Waals surface area contributed by atoms with Crippen LogP contribution in [0, 0.1) is 5.92 Å². The molecule has 1 heterocycles. The van der Waals surface area contributed by atoms with Crippen LogP contribution in [0.15, 0.2) is 12.1 Å². The van der Waals surface area contributed by atoms with Gasteiger partial charge in [-0.3, -0.25) is 0 Å². The van der Waals surface area contributed by atoms with Gasteiger partial charge in [-0.1, -0.05) is 11.6 Å². The average molecular weight is 250 g/mol. The third-order valence-electron chi connectivity index (χ3n) is 4.24. The molecule has 0 saturated carbocycles. The van der Waals surface area contributed by atoms with Gasteiger partial charge >= 0.3 is 0 Å². The molecule has 3 rings (SSSR count). The molecule has 2 aliphatic rings. The summed E-state index contributed by atoms with van der Waals surface area (Å²) < 4.78 is 0. The lowest BCUT2D eigenvalue weighted by Crippen LogP contribution is -2.28. The molecular formula is C15H20ClN. The molecule has 2 heteroatoms. The molecule has 0 radical (unpaired) electrons. The van der Waals surface area contributed by atoms with Gasteiger partial charge in [0.1, 0.15) is 0 Å². The molecule has 1 nitrogen and oxygen atoms in total. The molecule has 1 N–H and O–H groups in total. The fourth-order valence-electron chi connectivity index (χ4n) is 3.33. The number of hydrogen-bond acceptors (Lipinski definition) is 1. The number of nitrogens with one attached hydrogen (secondary N) is 1. The first-order valence-electron chi connectivity index (χ1n) is 6.84. The third kappa shape index (κ3) is 2.51. The maximum atomic E-state index is 6.23. The number of piperidine rings is 1. The summed E-state index contributed by atoms with van der Waals surface area (Å²) in [6, 6.07) is 4.39. The second-order valence-electron chi connectivity index (χ2n) is 5.45. The number of rotatable bonds is 2. The quantitative estimate of drug-likeness (QED) is 0.848. The number of benzene rings is 1. The normalized spacial score (nSPS) is 20.5. The van der Waals surface area contributed by atoms with Gasteiger partial charge in [0.2, 0.25) is 0 Å². The molecule has 0 atom stereocenters. The van der Waals surface area contributed by atoms with Crippen molar-refractivity contribution in [2.45, 2.75) is 38.5 Å². The molecule has 0 aromatic heterocycles. The summed E-state index contributed by atoms with van der Waals surface area (Å²) in [5, 5.41) is 4.38. The maximum Gasteiger partial charge on any atom is 0.0411 e. The van der Waals surface area contributed by atoms with Crippen molar-refractivity contribution in [3.8, 4) is 0 Å². The van der Waals surface area contributed by atoms with E-state index in [1.807, 2.05) is 0 Å². The standard InChI is InChI=1S/C15H20ClN/c16-14-9-12-2-1-3-15(12)13(10-14)8-11-4-6-17-7-5-11/h9-11,17H,1-8H2. The summed E-state index contributed by atoms with van der Waals surface area (Å²) in [6.07, 6.45) is 7.70. The van der Waals surface area contributed by atoms with Crippen molar-refractivity contribution in [2.75, 3.05) is 13.1 Å². The van der Waals surface area contributed by atoms with Gasteiger partial charge < -0.3 is 5.32 Å². The molecule has 1 aromatic carbocycles. The fourth-order valence-corrected chi connectivity index (χ4v) is 3.60. The molecule has 1 aliphatic heterocycles. The average Bonchev–Trinajstić information content (AvgIpc) is 2.78. The minimum atomic E-state index is 0.861. The molecule has 17 heavy (non-hydrogen) atoms. The van der Waals surface area contributed by atoms with E-state index in [4.69, 9.17) is 11.6 Å². The van der Waals surface area contributed by atoms with Gasteiger partial charge in [-0.15, -0.1) is 0 Å². The van der Waals surface area contributed by atoms with Crippen molar-refractivity contribution < 1.29 is 0 Å². The largest absolute Gasteiger partial charge is 0.317 e. The van der Waals surface area contributed by atoms with Crippen LogP contribution >= 0.6 is 11.6 Å². The topological polar surface area (TPSA) is 12.0 Å². The Morgan fingerprint density at radius 1 is 1.18 bits per heavy atom. The molecule has 0 spiro atoms. The van der Waals surface area contributed by atoms with E-state index >= 15 is 0 Å². The van der Waals surface area contributed by atoms with Crippen molar-refractivity contribution in [3.63, 3.8) is 0 Å². The zero-order valence-electron chi connectivity index (χ0n) is 10.3. The number of aryl methyl sites for hydroxylation is 1. The SMILES string of the molecule is Clc1cc2c(c(CC3CCNCC3)c1)CCC2. The van der Waals surface area contributed by atoms with Crippen molar-refractivity contribution in [3.05, 3.63) is 33.8 Å². The molecule has 1 fully saturated rings. The summed E-state index contributed by atoms with van der Waals surface area (Å²) in [5.74, 6) is 0.861. The van der Waals surface area contributed by atoms with Crippen LogP contribution in [-0.2, 0) is 19.3 Å². The van der Waals surface area contributed by atoms with E-state index in [0.717, 1.165) is 10.9 Å². The van der Waals surface area contributed by atoms with Gasteiger partial charge in [0, 0.05) is 5.02 Å². The first-order valence-corrected chi connectivity index (χ1v) is 7.21. The highest BCUT2D eigenvalue weighted by Gasteiger charge is 2.19. The van der Waals surface area contributed by atoms with E-state index in [2.05, 4.69) is 17.4 Å². The Morgan fingerprint density at radius 3 is 2.82 bits per heavy atom. The smallest absolute Gasteiger partial charge is 0.0411 e. The zero-order valence-corrected chi connectivity index (χ0v) is 11.0. The predicted molar refractivity (Wildman–Crippen MR) is 72.8 cm³/mol. The monoisotopic (exact) mass is 249 g/mol. The minimum absolute atomic E-state index is 0.861. The molecule has 92 valence electrons. The maximum absolute atomic E-state index is 6.23. The molecule has 0 unspecified atom stereocenters. The van der Waals surface area contributed by atoms with E-state index in [0.29, 0.717) is 0 Å². The lowest BCUT2D eigenvalue weighted by Gasteiger charge is -2.23. The Labute approximate surface area is 109 Å². The summed E-state index contributed by atoms with van der Waals surface area (Å²) in [7, 11) is 0. The zero-order chi connectivity index (χ0) is 11.7. The van der Waals surface area contributed by atoms with Crippen molar-refractivity contribution >= 4 is 11.6 Å². The first-order chi connectivity index (χ1) is 8.33. The van der Waals surface area contributed by atoms with Crippen LogP contribution in [0.2, 0.25) is 5.02 Å². The minimum Gasteiger partial charge on any atom is -0.317 e. The Balaban J connectivity index is 1.82. The number of fused-ring (bicyclic) bond motifs is 1. The highest BCUT2D eigenvalue weighted by Crippen LogP contribution is 2.31. The van der Waals surface area contributed by atoms with Gasteiger partial charge in [0.05, 0.1) is 0 Å². The Bertz CT molecular complexity index is 408. The van der Waals surface area contributed by atoms with E-state index in [-0.39, 0.29) is 0 Å². The molecule has 1 saturated heterocycles. The molecule has 0 amide bonds. The second-order valence-corrected chi connectivity index (χ2v) is 5.89. The molecule has 0 bridgehead atoms. The molecule has 1 aromatic rings. The second kappa shape index (κ2) is 4.99. The third-order valence-corrected chi connectivity index (χ3v) is 4.46.